The molecule has 0 aliphatic rings. The van der Waals surface area contributed by atoms with E-state index < -0.39 is 12.1 Å². The molecule has 1 heterocycles. The zero-order valence-electron chi connectivity index (χ0n) is 16.5. The van der Waals surface area contributed by atoms with Gasteiger partial charge in [-0.3, -0.25) is 4.79 Å². The summed E-state index contributed by atoms with van der Waals surface area (Å²) in [5.74, 6) is -0.817. The van der Waals surface area contributed by atoms with E-state index in [0.717, 1.165) is 14.5 Å². The van der Waals surface area contributed by atoms with Crippen molar-refractivity contribution in [2.75, 3.05) is 0 Å². The van der Waals surface area contributed by atoms with Crippen LogP contribution in [0.4, 0.5) is 0 Å². The number of halogens is 2. The average Bonchev–Trinajstić information content (AvgIpc) is 2.78. The molecule has 0 fully saturated rings. The summed E-state index contributed by atoms with van der Waals surface area (Å²) in [6.07, 6.45) is -0.915. The average molecular weight is 539 g/mol. The van der Waals surface area contributed by atoms with E-state index in [9.17, 15) is 9.59 Å². The summed E-state index contributed by atoms with van der Waals surface area (Å²) in [4.78, 5) is 30.5. The molecule has 4 rings (SSSR count). The van der Waals surface area contributed by atoms with Crippen LogP contribution in [0, 0.1) is 0 Å². The quantitative estimate of drug-likeness (QED) is 0.206. The van der Waals surface area contributed by atoms with Gasteiger partial charge in [0.05, 0.1) is 16.8 Å². The van der Waals surface area contributed by atoms with Gasteiger partial charge in [0, 0.05) is 25.5 Å². The number of aromatic nitrogens is 1. The zero-order valence-corrected chi connectivity index (χ0v) is 19.7. The molecule has 4 nitrogen and oxygen atoms in total. The third-order valence-electron chi connectivity index (χ3n) is 4.84. The highest BCUT2D eigenvalue weighted by molar-refractivity contribution is 9.10. The van der Waals surface area contributed by atoms with Crippen molar-refractivity contribution in [2.24, 2.45) is 0 Å². The summed E-state index contributed by atoms with van der Waals surface area (Å²) in [7, 11) is 0. The molecular formula is C25H17Br2NO3. The molecule has 154 valence electrons. The van der Waals surface area contributed by atoms with Crippen LogP contribution in [0.25, 0.3) is 22.2 Å². The van der Waals surface area contributed by atoms with E-state index in [4.69, 9.17) is 9.72 Å². The fourth-order valence-electron chi connectivity index (χ4n) is 3.25. The van der Waals surface area contributed by atoms with E-state index in [1.165, 1.54) is 0 Å². The number of carbonyl (C=O) groups is 2. The van der Waals surface area contributed by atoms with E-state index in [0.29, 0.717) is 27.7 Å². The molecule has 1 aromatic heterocycles. The lowest BCUT2D eigenvalue weighted by molar-refractivity contribution is 0.0320. The lowest BCUT2D eigenvalue weighted by Crippen LogP contribution is -2.24. The first-order valence-corrected chi connectivity index (χ1v) is 11.2. The van der Waals surface area contributed by atoms with Crippen molar-refractivity contribution in [2.45, 2.75) is 13.0 Å². The molecular weight excluding hydrogens is 522 g/mol. The number of ether oxygens (including phenoxy) is 1. The van der Waals surface area contributed by atoms with Crippen LogP contribution in [0.2, 0.25) is 0 Å². The Bertz CT molecular complexity index is 1270. The van der Waals surface area contributed by atoms with E-state index in [2.05, 4.69) is 31.9 Å². The van der Waals surface area contributed by atoms with E-state index in [1.54, 1.807) is 37.3 Å². The Hall–Kier alpha value is -2.83. The van der Waals surface area contributed by atoms with Gasteiger partial charge in [0.15, 0.2) is 6.10 Å². The number of nitrogens with zero attached hydrogens (tertiary/aromatic N) is 1. The van der Waals surface area contributed by atoms with Gasteiger partial charge in [0.2, 0.25) is 5.78 Å². The number of ketones is 1. The molecule has 4 aromatic rings. The standard InChI is InChI=1S/C25H17Br2NO3/c1-15(24(29)17-5-3-2-4-6-17)31-25(30)21-14-23(16-7-9-18(26)10-8-16)28-22-12-11-19(27)13-20(21)22/h2-15H,1H3/t15-/m0/s1. The minimum atomic E-state index is -0.915. The highest BCUT2D eigenvalue weighted by Gasteiger charge is 2.22. The fraction of sp³-hybridized carbons (Fsp3) is 0.0800. The Labute approximate surface area is 196 Å². The minimum Gasteiger partial charge on any atom is -0.451 e. The van der Waals surface area contributed by atoms with Crippen molar-refractivity contribution in [1.29, 1.82) is 0 Å². The summed E-state index contributed by atoms with van der Waals surface area (Å²) in [5.41, 5.74) is 3.04. The number of esters is 1. The molecule has 0 aliphatic carbocycles. The van der Waals surface area contributed by atoms with Crippen LogP contribution < -0.4 is 0 Å². The van der Waals surface area contributed by atoms with Gasteiger partial charge >= 0.3 is 5.97 Å². The Kier molecular flexibility index (Phi) is 6.30. The monoisotopic (exact) mass is 537 g/mol. The summed E-state index contributed by atoms with van der Waals surface area (Å²) < 4.78 is 7.34. The van der Waals surface area contributed by atoms with Crippen LogP contribution in [-0.4, -0.2) is 22.8 Å². The number of fused-ring (bicyclic) bond motifs is 1. The summed E-state index contributed by atoms with van der Waals surface area (Å²) >= 11 is 6.88. The number of Topliss-reactive ketones (excluding diaryl/α,β-unsaturated/α-hetero) is 1. The first-order valence-electron chi connectivity index (χ1n) is 9.59. The molecule has 0 unspecified atom stereocenters. The summed E-state index contributed by atoms with van der Waals surface area (Å²) in [6.45, 7) is 1.59. The number of rotatable bonds is 5. The lowest BCUT2D eigenvalue weighted by atomic mass is 10.0. The van der Waals surface area contributed by atoms with Gasteiger partial charge < -0.3 is 4.74 Å². The third-order valence-corrected chi connectivity index (χ3v) is 5.86. The van der Waals surface area contributed by atoms with Gasteiger partial charge in [-0.1, -0.05) is 74.3 Å². The second-order valence-electron chi connectivity index (χ2n) is 7.00. The van der Waals surface area contributed by atoms with Crippen LogP contribution in [0.5, 0.6) is 0 Å². The lowest BCUT2D eigenvalue weighted by Gasteiger charge is -2.14. The maximum Gasteiger partial charge on any atom is 0.339 e. The minimum absolute atomic E-state index is 0.248. The van der Waals surface area contributed by atoms with Crippen molar-refractivity contribution in [3.05, 3.63) is 98.9 Å². The molecule has 3 aromatic carbocycles. The van der Waals surface area contributed by atoms with E-state index in [-0.39, 0.29) is 5.78 Å². The number of carbonyl (C=O) groups excluding carboxylic acids is 2. The normalized spacial score (nSPS) is 11.8. The van der Waals surface area contributed by atoms with Crippen molar-refractivity contribution in [3.63, 3.8) is 0 Å². The Morgan fingerprint density at radius 1 is 0.871 bits per heavy atom. The first-order chi connectivity index (χ1) is 14.9. The second kappa shape index (κ2) is 9.12. The van der Waals surface area contributed by atoms with E-state index >= 15 is 0 Å². The predicted octanol–water partition coefficient (Wildman–Crippen LogP) is 6.86. The molecule has 6 heteroatoms. The number of pyridine rings is 1. The molecule has 0 saturated carbocycles. The van der Waals surface area contributed by atoms with Gasteiger partial charge in [-0.05, 0) is 43.3 Å². The van der Waals surface area contributed by atoms with Gasteiger partial charge in [-0.15, -0.1) is 0 Å². The topological polar surface area (TPSA) is 56.3 Å². The highest BCUT2D eigenvalue weighted by atomic mass is 79.9. The van der Waals surface area contributed by atoms with Gasteiger partial charge in [-0.2, -0.15) is 0 Å². The molecule has 0 saturated heterocycles. The van der Waals surface area contributed by atoms with Crippen molar-refractivity contribution in [3.8, 4) is 11.3 Å². The zero-order chi connectivity index (χ0) is 22.0. The smallest absolute Gasteiger partial charge is 0.339 e. The van der Waals surface area contributed by atoms with Crippen molar-refractivity contribution >= 4 is 54.5 Å². The maximum absolute atomic E-state index is 13.1. The molecule has 31 heavy (non-hydrogen) atoms. The molecule has 0 radical (unpaired) electrons. The SMILES string of the molecule is C[C@H](OC(=O)c1cc(-c2ccc(Br)cc2)nc2ccc(Br)cc12)C(=O)c1ccccc1. The Morgan fingerprint density at radius 2 is 1.55 bits per heavy atom. The summed E-state index contributed by atoms with van der Waals surface area (Å²) in [5, 5.41) is 0.652. The van der Waals surface area contributed by atoms with Crippen molar-refractivity contribution < 1.29 is 14.3 Å². The largest absolute Gasteiger partial charge is 0.451 e. The van der Waals surface area contributed by atoms with Crippen LogP contribution in [-0.2, 0) is 4.74 Å². The molecule has 0 spiro atoms. The number of benzene rings is 3. The summed E-state index contributed by atoms with van der Waals surface area (Å²) in [6, 6.07) is 23.7. The van der Waals surface area contributed by atoms with Crippen LogP contribution in [0.1, 0.15) is 27.6 Å². The van der Waals surface area contributed by atoms with Crippen LogP contribution >= 0.6 is 31.9 Å². The van der Waals surface area contributed by atoms with E-state index in [1.807, 2.05) is 48.5 Å². The molecule has 0 N–H and O–H groups in total. The number of hydrogen-bond donors (Lipinski definition) is 0. The molecule has 0 bridgehead atoms. The molecule has 0 aliphatic heterocycles. The van der Waals surface area contributed by atoms with Crippen LogP contribution in [0.3, 0.4) is 0 Å². The third kappa shape index (κ3) is 4.75. The fourth-order valence-corrected chi connectivity index (χ4v) is 3.88. The predicted molar refractivity (Wildman–Crippen MR) is 128 cm³/mol. The van der Waals surface area contributed by atoms with Gasteiger partial charge in [0.25, 0.3) is 0 Å². The second-order valence-corrected chi connectivity index (χ2v) is 8.83. The Morgan fingerprint density at radius 3 is 2.26 bits per heavy atom. The van der Waals surface area contributed by atoms with Gasteiger partial charge in [0.1, 0.15) is 0 Å². The van der Waals surface area contributed by atoms with Crippen LogP contribution in [0.15, 0.2) is 87.8 Å². The molecule has 1 atom stereocenters. The van der Waals surface area contributed by atoms with Gasteiger partial charge in [-0.25, -0.2) is 9.78 Å². The Balaban J connectivity index is 1.72. The first kappa shape index (κ1) is 21.4. The number of hydrogen-bond acceptors (Lipinski definition) is 4. The highest BCUT2D eigenvalue weighted by Crippen LogP contribution is 2.29. The maximum atomic E-state index is 13.1. The van der Waals surface area contributed by atoms with Crippen molar-refractivity contribution in [1.82, 2.24) is 4.98 Å². The molecule has 0 amide bonds.